The Balaban J connectivity index is 0.00000144. The first-order chi connectivity index (χ1) is 7.95. The second kappa shape index (κ2) is 8.54. The predicted octanol–water partition coefficient (Wildman–Crippen LogP) is 3.28. The van der Waals surface area contributed by atoms with E-state index in [4.69, 9.17) is 0 Å². The van der Waals surface area contributed by atoms with E-state index in [0.29, 0.717) is 0 Å². The van der Waals surface area contributed by atoms with E-state index in [1.54, 1.807) is 6.33 Å². The molecule has 98 valence electrons. The minimum absolute atomic E-state index is 0. The third kappa shape index (κ3) is 5.55. The van der Waals surface area contributed by atoms with Crippen LogP contribution in [0, 0.1) is 5.92 Å². The minimum Gasteiger partial charge on any atom is -0.347 e. The summed E-state index contributed by atoms with van der Waals surface area (Å²) in [6.07, 6.45) is 13.7. The first-order valence-corrected chi connectivity index (χ1v) is 6.63. The van der Waals surface area contributed by atoms with Crippen molar-refractivity contribution in [1.82, 2.24) is 15.3 Å². The molecular weight excluding hydrogens is 234 g/mol. The molecule has 0 spiro atoms. The molecule has 1 aliphatic carbocycles. The summed E-state index contributed by atoms with van der Waals surface area (Å²) < 4.78 is 0. The lowest BCUT2D eigenvalue weighted by atomic mass is 9.91. The molecule has 2 N–H and O–H groups in total. The van der Waals surface area contributed by atoms with E-state index in [-0.39, 0.29) is 12.4 Å². The quantitative estimate of drug-likeness (QED) is 0.869. The maximum atomic E-state index is 4.02. The van der Waals surface area contributed by atoms with Crippen molar-refractivity contribution in [3.05, 3.63) is 18.2 Å². The first kappa shape index (κ1) is 14.5. The standard InChI is InChI=1S/C13H23N3.ClH/c1-2-4-6-12(7-5-3-1)8-14-9-13-10-15-11-16-13;/h10-12,14H,1-9H2,(H,15,16);1H. The molecule has 0 aromatic carbocycles. The number of halogens is 1. The minimum atomic E-state index is 0. The zero-order chi connectivity index (χ0) is 11.1. The van der Waals surface area contributed by atoms with Gasteiger partial charge in [0.25, 0.3) is 0 Å². The highest BCUT2D eigenvalue weighted by atomic mass is 35.5. The van der Waals surface area contributed by atoms with Gasteiger partial charge in [-0.05, 0) is 25.3 Å². The molecule has 0 bridgehead atoms. The largest absolute Gasteiger partial charge is 0.347 e. The highest BCUT2D eigenvalue weighted by molar-refractivity contribution is 5.85. The number of imidazole rings is 1. The molecule has 0 atom stereocenters. The SMILES string of the molecule is Cl.c1ncc(CNCC2CCCCCCC2)[nH]1. The van der Waals surface area contributed by atoms with Crippen LogP contribution < -0.4 is 5.32 Å². The average molecular weight is 258 g/mol. The van der Waals surface area contributed by atoms with Gasteiger partial charge >= 0.3 is 0 Å². The molecular formula is C13H24ClN3. The van der Waals surface area contributed by atoms with E-state index in [2.05, 4.69) is 15.3 Å². The second-order valence-corrected chi connectivity index (χ2v) is 4.92. The lowest BCUT2D eigenvalue weighted by molar-refractivity contribution is 0.360. The second-order valence-electron chi connectivity index (χ2n) is 4.92. The van der Waals surface area contributed by atoms with Crippen LogP contribution in [0.5, 0.6) is 0 Å². The van der Waals surface area contributed by atoms with E-state index >= 15 is 0 Å². The van der Waals surface area contributed by atoms with Gasteiger partial charge in [0.1, 0.15) is 0 Å². The summed E-state index contributed by atoms with van der Waals surface area (Å²) in [5.41, 5.74) is 1.19. The highest BCUT2D eigenvalue weighted by Crippen LogP contribution is 2.21. The molecule has 1 aromatic heterocycles. The Labute approximate surface area is 110 Å². The number of rotatable bonds is 4. The number of hydrogen-bond donors (Lipinski definition) is 2. The number of aromatic nitrogens is 2. The Morgan fingerprint density at radius 3 is 2.53 bits per heavy atom. The van der Waals surface area contributed by atoms with Gasteiger partial charge in [-0.1, -0.05) is 32.1 Å². The van der Waals surface area contributed by atoms with Gasteiger partial charge in [0.2, 0.25) is 0 Å². The van der Waals surface area contributed by atoms with Crippen molar-refractivity contribution in [3.8, 4) is 0 Å². The van der Waals surface area contributed by atoms with Gasteiger partial charge in [-0.15, -0.1) is 12.4 Å². The van der Waals surface area contributed by atoms with Crippen molar-refractivity contribution < 1.29 is 0 Å². The zero-order valence-electron chi connectivity index (χ0n) is 10.5. The van der Waals surface area contributed by atoms with E-state index in [1.807, 2.05) is 6.20 Å². The van der Waals surface area contributed by atoms with Gasteiger partial charge in [0.05, 0.1) is 6.33 Å². The van der Waals surface area contributed by atoms with Gasteiger partial charge in [-0.25, -0.2) is 4.98 Å². The molecule has 17 heavy (non-hydrogen) atoms. The smallest absolute Gasteiger partial charge is 0.0922 e. The Morgan fingerprint density at radius 2 is 1.88 bits per heavy atom. The Bertz CT molecular complexity index is 266. The van der Waals surface area contributed by atoms with E-state index in [1.165, 1.54) is 57.2 Å². The van der Waals surface area contributed by atoms with Gasteiger partial charge in [-0.3, -0.25) is 0 Å². The normalized spacial score (nSPS) is 18.1. The molecule has 1 saturated carbocycles. The van der Waals surface area contributed by atoms with E-state index in [9.17, 15) is 0 Å². The van der Waals surface area contributed by atoms with Crippen LogP contribution in [-0.2, 0) is 6.54 Å². The Morgan fingerprint density at radius 1 is 1.18 bits per heavy atom. The fraction of sp³-hybridized carbons (Fsp3) is 0.769. The van der Waals surface area contributed by atoms with Crippen LogP contribution >= 0.6 is 12.4 Å². The van der Waals surface area contributed by atoms with Crippen LogP contribution in [0.4, 0.5) is 0 Å². The number of aromatic amines is 1. The molecule has 1 fully saturated rings. The average Bonchev–Trinajstić information content (AvgIpc) is 2.73. The van der Waals surface area contributed by atoms with Crippen LogP contribution in [0.15, 0.2) is 12.5 Å². The number of nitrogens with one attached hydrogen (secondary N) is 2. The molecule has 0 unspecified atom stereocenters. The fourth-order valence-electron chi connectivity index (χ4n) is 2.54. The van der Waals surface area contributed by atoms with Gasteiger partial charge in [0.15, 0.2) is 0 Å². The summed E-state index contributed by atoms with van der Waals surface area (Å²) in [6.45, 7) is 2.09. The van der Waals surface area contributed by atoms with Gasteiger partial charge < -0.3 is 10.3 Å². The maximum absolute atomic E-state index is 4.02. The first-order valence-electron chi connectivity index (χ1n) is 6.63. The van der Waals surface area contributed by atoms with Crippen molar-refractivity contribution in [2.75, 3.05) is 6.54 Å². The van der Waals surface area contributed by atoms with Crippen LogP contribution in [0.25, 0.3) is 0 Å². The van der Waals surface area contributed by atoms with Crippen LogP contribution in [0.1, 0.15) is 50.6 Å². The van der Waals surface area contributed by atoms with Crippen molar-refractivity contribution >= 4 is 12.4 Å². The lowest BCUT2D eigenvalue weighted by Gasteiger charge is -2.19. The maximum Gasteiger partial charge on any atom is 0.0922 e. The summed E-state index contributed by atoms with van der Waals surface area (Å²) in [5, 5.41) is 3.53. The molecule has 1 heterocycles. The molecule has 0 amide bonds. The summed E-state index contributed by atoms with van der Waals surface area (Å²) in [7, 11) is 0. The monoisotopic (exact) mass is 257 g/mol. The Kier molecular flexibility index (Phi) is 7.29. The van der Waals surface area contributed by atoms with E-state index in [0.717, 1.165) is 12.5 Å². The van der Waals surface area contributed by atoms with Crippen LogP contribution in [-0.4, -0.2) is 16.5 Å². The predicted molar refractivity (Wildman–Crippen MR) is 73.4 cm³/mol. The van der Waals surface area contributed by atoms with Crippen molar-refractivity contribution in [2.45, 2.75) is 51.5 Å². The van der Waals surface area contributed by atoms with Crippen LogP contribution in [0.3, 0.4) is 0 Å². The third-order valence-corrected chi connectivity index (χ3v) is 3.53. The number of hydrogen-bond acceptors (Lipinski definition) is 2. The van der Waals surface area contributed by atoms with E-state index < -0.39 is 0 Å². The molecule has 0 radical (unpaired) electrons. The summed E-state index contributed by atoms with van der Waals surface area (Å²) >= 11 is 0. The molecule has 1 aliphatic rings. The van der Waals surface area contributed by atoms with Crippen molar-refractivity contribution in [2.24, 2.45) is 5.92 Å². The van der Waals surface area contributed by atoms with Crippen molar-refractivity contribution in [3.63, 3.8) is 0 Å². The van der Waals surface area contributed by atoms with Gasteiger partial charge in [0, 0.05) is 18.4 Å². The molecule has 0 aliphatic heterocycles. The van der Waals surface area contributed by atoms with Crippen LogP contribution in [0.2, 0.25) is 0 Å². The summed E-state index contributed by atoms with van der Waals surface area (Å²) in [4.78, 5) is 7.14. The lowest BCUT2D eigenvalue weighted by Crippen LogP contribution is -2.23. The topological polar surface area (TPSA) is 40.7 Å². The van der Waals surface area contributed by atoms with Crippen molar-refractivity contribution in [1.29, 1.82) is 0 Å². The summed E-state index contributed by atoms with van der Waals surface area (Å²) in [5.74, 6) is 0.892. The number of nitrogens with zero attached hydrogens (tertiary/aromatic N) is 1. The highest BCUT2D eigenvalue weighted by Gasteiger charge is 2.10. The third-order valence-electron chi connectivity index (χ3n) is 3.53. The molecule has 4 heteroatoms. The zero-order valence-corrected chi connectivity index (χ0v) is 11.3. The fourth-order valence-corrected chi connectivity index (χ4v) is 2.54. The molecule has 0 saturated heterocycles. The number of H-pyrrole nitrogens is 1. The Hall–Kier alpha value is -0.540. The molecule has 1 aromatic rings. The van der Waals surface area contributed by atoms with Gasteiger partial charge in [-0.2, -0.15) is 0 Å². The molecule has 3 nitrogen and oxygen atoms in total. The molecule has 2 rings (SSSR count). The summed E-state index contributed by atoms with van der Waals surface area (Å²) in [6, 6.07) is 0.